The fourth-order valence-electron chi connectivity index (χ4n) is 3.52. The molecule has 0 saturated carbocycles. The first kappa shape index (κ1) is 25.1. The van der Waals surface area contributed by atoms with Gasteiger partial charge in [0.2, 0.25) is 0 Å². The number of nitrogens with one attached hydrogen (secondary N) is 1. The summed E-state index contributed by atoms with van der Waals surface area (Å²) in [5.74, 6) is 2.40. The maximum absolute atomic E-state index is 5.51. The Morgan fingerprint density at radius 3 is 2.42 bits per heavy atom. The Labute approximate surface area is 202 Å². The topological polar surface area (TPSA) is 58.6 Å². The molecule has 0 amide bonds. The summed E-state index contributed by atoms with van der Waals surface area (Å²) in [6.45, 7) is 4.87. The summed E-state index contributed by atoms with van der Waals surface area (Å²) < 4.78 is 16.2. The molecule has 1 saturated heterocycles. The molecule has 0 radical (unpaired) electrons. The molecular weight excluding hydrogens is 507 g/mol. The highest BCUT2D eigenvalue weighted by molar-refractivity contribution is 14.0. The fourth-order valence-corrected chi connectivity index (χ4v) is 3.52. The van der Waals surface area contributed by atoms with Crippen LogP contribution in [-0.2, 0) is 17.8 Å². The molecule has 1 aliphatic rings. The number of nitrogens with zero attached hydrogens (tertiary/aromatic N) is 3. The summed E-state index contributed by atoms with van der Waals surface area (Å²) in [6, 6.07) is 14.5. The van der Waals surface area contributed by atoms with Gasteiger partial charge < -0.3 is 29.3 Å². The molecule has 0 spiro atoms. The number of hydrogen-bond donors (Lipinski definition) is 1. The zero-order valence-corrected chi connectivity index (χ0v) is 21.1. The van der Waals surface area contributed by atoms with Crippen molar-refractivity contribution in [3.05, 3.63) is 53.6 Å². The number of ether oxygens (including phenoxy) is 3. The van der Waals surface area contributed by atoms with Crippen LogP contribution in [0, 0.1) is 0 Å². The Balaban J connectivity index is 0.00000341. The van der Waals surface area contributed by atoms with E-state index in [4.69, 9.17) is 14.2 Å². The Kier molecular flexibility index (Phi) is 10.2. The molecular formula is C23H33IN4O3. The lowest BCUT2D eigenvalue weighted by molar-refractivity contribution is 0.122. The SMILES string of the molecule is CN=C(NCc1ccc(N2CCOCC2)cc1)N(C)Cc1ccc(OC)cc1OC.I. The molecule has 0 aliphatic carbocycles. The average Bonchev–Trinajstić information content (AvgIpc) is 2.80. The van der Waals surface area contributed by atoms with E-state index in [0.717, 1.165) is 49.3 Å². The molecule has 3 rings (SSSR count). The van der Waals surface area contributed by atoms with Crippen molar-refractivity contribution < 1.29 is 14.2 Å². The zero-order valence-electron chi connectivity index (χ0n) is 18.8. The fraction of sp³-hybridized carbons (Fsp3) is 0.435. The number of methoxy groups -OCH3 is 2. The Hall–Kier alpha value is -2.20. The first-order valence-corrected chi connectivity index (χ1v) is 10.2. The predicted octanol–water partition coefficient (Wildman–Crippen LogP) is 3.37. The van der Waals surface area contributed by atoms with Gasteiger partial charge >= 0.3 is 0 Å². The molecule has 8 heteroatoms. The van der Waals surface area contributed by atoms with Crippen LogP contribution in [0.2, 0.25) is 0 Å². The monoisotopic (exact) mass is 540 g/mol. The van der Waals surface area contributed by atoms with E-state index in [9.17, 15) is 0 Å². The quantitative estimate of drug-likeness (QED) is 0.330. The van der Waals surface area contributed by atoms with Crippen molar-refractivity contribution in [3.63, 3.8) is 0 Å². The van der Waals surface area contributed by atoms with E-state index in [1.807, 2.05) is 25.2 Å². The van der Waals surface area contributed by atoms with Gasteiger partial charge in [-0.05, 0) is 29.8 Å². The van der Waals surface area contributed by atoms with Crippen LogP contribution < -0.4 is 19.7 Å². The molecule has 2 aromatic rings. The van der Waals surface area contributed by atoms with Gasteiger partial charge in [0.15, 0.2) is 5.96 Å². The van der Waals surface area contributed by atoms with Crippen LogP contribution in [-0.4, -0.2) is 65.5 Å². The van der Waals surface area contributed by atoms with E-state index in [1.165, 1.54) is 11.3 Å². The van der Waals surface area contributed by atoms with E-state index in [-0.39, 0.29) is 24.0 Å². The zero-order chi connectivity index (χ0) is 21.3. The minimum absolute atomic E-state index is 0. The van der Waals surface area contributed by atoms with E-state index in [1.54, 1.807) is 21.3 Å². The second-order valence-electron chi connectivity index (χ2n) is 7.20. The number of hydrogen-bond acceptors (Lipinski definition) is 5. The second-order valence-corrected chi connectivity index (χ2v) is 7.20. The smallest absolute Gasteiger partial charge is 0.193 e. The minimum atomic E-state index is 0. The Morgan fingerprint density at radius 2 is 1.81 bits per heavy atom. The summed E-state index contributed by atoms with van der Waals surface area (Å²) in [5.41, 5.74) is 3.53. The van der Waals surface area contributed by atoms with Crippen molar-refractivity contribution in [1.82, 2.24) is 10.2 Å². The standard InChI is InChI=1S/C23H32N4O3.HI/c1-24-23(26(2)17-19-7-10-21(28-3)15-22(19)29-4)25-16-18-5-8-20(9-6-18)27-11-13-30-14-12-27;/h5-10,15H,11-14,16-17H2,1-4H3,(H,24,25);1H. The molecule has 0 unspecified atom stereocenters. The molecule has 1 N–H and O–H groups in total. The predicted molar refractivity (Wildman–Crippen MR) is 136 cm³/mol. The van der Waals surface area contributed by atoms with Gasteiger partial charge in [0.05, 0.1) is 27.4 Å². The number of morpholine rings is 1. The van der Waals surface area contributed by atoms with Gasteiger partial charge in [-0.3, -0.25) is 4.99 Å². The van der Waals surface area contributed by atoms with Crippen LogP contribution in [0.3, 0.4) is 0 Å². The summed E-state index contributed by atoms with van der Waals surface area (Å²) in [7, 11) is 7.14. The summed E-state index contributed by atoms with van der Waals surface area (Å²) in [4.78, 5) is 8.86. The number of anilines is 1. The maximum atomic E-state index is 5.51. The number of guanidine groups is 1. The number of benzene rings is 2. The van der Waals surface area contributed by atoms with Crippen LogP contribution in [0.15, 0.2) is 47.5 Å². The van der Waals surface area contributed by atoms with Gasteiger partial charge in [-0.15, -0.1) is 24.0 Å². The highest BCUT2D eigenvalue weighted by atomic mass is 127. The van der Waals surface area contributed by atoms with Crippen molar-refractivity contribution >= 4 is 35.6 Å². The van der Waals surface area contributed by atoms with E-state index < -0.39 is 0 Å². The van der Waals surface area contributed by atoms with Crippen LogP contribution in [0.1, 0.15) is 11.1 Å². The third-order valence-electron chi connectivity index (χ3n) is 5.24. The molecule has 2 aromatic carbocycles. The first-order chi connectivity index (χ1) is 14.6. The molecule has 0 atom stereocenters. The molecule has 1 heterocycles. The van der Waals surface area contributed by atoms with Crippen molar-refractivity contribution in [3.8, 4) is 11.5 Å². The van der Waals surface area contributed by atoms with Crippen molar-refractivity contribution in [1.29, 1.82) is 0 Å². The molecule has 0 bridgehead atoms. The highest BCUT2D eigenvalue weighted by Gasteiger charge is 2.13. The minimum Gasteiger partial charge on any atom is -0.497 e. The number of aliphatic imine (C=N–C) groups is 1. The van der Waals surface area contributed by atoms with Crippen molar-refractivity contribution in [2.75, 3.05) is 59.5 Å². The van der Waals surface area contributed by atoms with E-state index >= 15 is 0 Å². The normalized spacial score (nSPS) is 13.9. The number of halogens is 1. The Bertz CT molecular complexity index is 839. The third kappa shape index (κ3) is 6.90. The van der Waals surface area contributed by atoms with Gasteiger partial charge in [-0.25, -0.2) is 0 Å². The van der Waals surface area contributed by atoms with Gasteiger partial charge in [0.25, 0.3) is 0 Å². The molecule has 31 heavy (non-hydrogen) atoms. The third-order valence-corrected chi connectivity index (χ3v) is 5.24. The Morgan fingerprint density at radius 1 is 1.10 bits per heavy atom. The van der Waals surface area contributed by atoms with Crippen molar-refractivity contribution in [2.45, 2.75) is 13.1 Å². The lowest BCUT2D eigenvalue weighted by atomic mass is 10.1. The first-order valence-electron chi connectivity index (χ1n) is 10.2. The van der Waals surface area contributed by atoms with Gasteiger partial charge in [-0.2, -0.15) is 0 Å². The molecule has 1 fully saturated rings. The van der Waals surface area contributed by atoms with Crippen LogP contribution in [0.25, 0.3) is 0 Å². The van der Waals surface area contributed by atoms with Crippen LogP contribution >= 0.6 is 24.0 Å². The van der Waals surface area contributed by atoms with Crippen LogP contribution in [0.4, 0.5) is 5.69 Å². The van der Waals surface area contributed by atoms with Gasteiger partial charge in [0, 0.05) is 57.6 Å². The number of rotatable bonds is 7. The molecule has 7 nitrogen and oxygen atoms in total. The lowest BCUT2D eigenvalue weighted by Gasteiger charge is -2.29. The largest absolute Gasteiger partial charge is 0.497 e. The van der Waals surface area contributed by atoms with Crippen LogP contribution in [0.5, 0.6) is 11.5 Å². The highest BCUT2D eigenvalue weighted by Crippen LogP contribution is 2.25. The maximum Gasteiger partial charge on any atom is 0.193 e. The summed E-state index contributed by atoms with van der Waals surface area (Å²) >= 11 is 0. The van der Waals surface area contributed by atoms with E-state index in [0.29, 0.717) is 13.1 Å². The van der Waals surface area contributed by atoms with Gasteiger partial charge in [0.1, 0.15) is 11.5 Å². The average molecular weight is 540 g/mol. The lowest BCUT2D eigenvalue weighted by Crippen LogP contribution is -2.38. The van der Waals surface area contributed by atoms with Crippen molar-refractivity contribution in [2.24, 2.45) is 4.99 Å². The molecule has 1 aliphatic heterocycles. The van der Waals surface area contributed by atoms with Gasteiger partial charge in [-0.1, -0.05) is 12.1 Å². The molecule has 0 aromatic heterocycles. The molecule has 170 valence electrons. The second kappa shape index (κ2) is 12.6. The summed E-state index contributed by atoms with van der Waals surface area (Å²) in [5, 5.41) is 3.44. The van der Waals surface area contributed by atoms with E-state index in [2.05, 4.69) is 44.4 Å². The summed E-state index contributed by atoms with van der Waals surface area (Å²) in [6.07, 6.45) is 0.